The third-order valence-electron chi connectivity index (χ3n) is 4.66. The second-order valence-corrected chi connectivity index (χ2v) is 7.14. The van der Waals surface area contributed by atoms with Crippen LogP contribution in [-0.4, -0.2) is 52.4 Å². The summed E-state index contributed by atoms with van der Waals surface area (Å²) in [7, 11) is 0. The number of nitrogens with two attached hydrogens (primary N) is 1. The first kappa shape index (κ1) is 15.7. The van der Waals surface area contributed by atoms with E-state index in [1.165, 1.54) is 11.5 Å². The maximum atomic E-state index is 12.7. The number of aromatic nitrogens is 2. The van der Waals surface area contributed by atoms with Crippen LogP contribution in [0.1, 0.15) is 37.9 Å². The van der Waals surface area contributed by atoms with E-state index in [-0.39, 0.29) is 12.0 Å². The van der Waals surface area contributed by atoms with Crippen LogP contribution in [-0.2, 0) is 4.79 Å². The molecule has 1 aliphatic heterocycles. The fourth-order valence-corrected chi connectivity index (χ4v) is 4.18. The predicted molar refractivity (Wildman–Crippen MR) is 88.0 cm³/mol. The Morgan fingerprint density at radius 3 is 2.82 bits per heavy atom. The van der Waals surface area contributed by atoms with Crippen LogP contribution in [0.25, 0.3) is 0 Å². The van der Waals surface area contributed by atoms with E-state index >= 15 is 0 Å². The molecule has 122 valence electrons. The summed E-state index contributed by atoms with van der Waals surface area (Å²) in [6.07, 6.45) is 5.00. The lowest BCUT2D eigenvalue weighted by Gasteiger charge is -2.30. The van der Waals surface area contributed by atoms with E-state index in [1.807, 2.05) is 11.8 Å². The van der Waals surface area contributed by atoms with E-state index in [1.54, 1.807) is 0 Å². The van der Waals surface area contributed by atoms with Crippen LogP contribution in [0, 0.1) is 12.8 Å². The molecule has 22 heavy (non-hydrogen) atoms. The number of hydrogen-bond acceptors (Lipinski definition) is 6. The molecule has 1 saturated heterocycles. The molecule has 7 heteroatoms. The minimum Gasteiger partial charge on any atom is -0.345 e. The molecule has 0 spiro atoms. The van der Waals surface area contributed by atoms with Crippen LogP contribution in [0.15, 0.2) is 0 Å². The highest BCUT2D eigenvalue weighted by atomic mass is 32.1. The number of carbonyl (C=O) groups excluding carboxylic acids is 1. The summed E-state index contributed by atoms with van der Waals surface area (Å²) in [4.78, 5) is 21.5. The average Bonchev–Trinajstić information content (AvgIpc) is 2.80. The van der Waals surface area contributed by atoms with E-state index in [0.717, 1.165) is 69.2 Å². The Morgan fingerprint density at radius 2 is 2.09 bits per heavy atom. The van der Waals surface area contributed by atoms with E-state index in [4.69, 9.17) is 5.73 Å². The summed E-state index contributed by atoms with van der Waals surface area (Å²) >= 11 is 1.45. The van der Waals surface area contributed by atoms with Gasteiger partial charge in [0.05, 0.1) is 0 Å². The first-order chi connectivity index (χ1) is 10.6. The molecule has 2 atom stereocenters. The molecule has 1 saturated carbocycles. The average molecular weight is 323 g/mol. The van der Waals surface area contributed by atoms with Crippen molar-refractivity contribution in [1.29, 1.82) is 0 Å². The van der Waals surface area contributed by atoms with Gasteiger partial charge in [0.2, 0.25) is 11.0 Å². The van der Waals surface area contributed by atoms with Crippen LogP contribution in [0.4, 0.5) is 5.13 Å². The summed E-state index contributed by atoms with van der Waals surface area (Å²) in [5, 5.41) is 0.978. The van der Waals surface area contributed by atoms with Gasteiger partial charge in [0.25, 0.3) is 0 Å². The van der Waals surface area contributed by atoms with Crippen LogP contribution in [0.2, 0.25) is 0 Å². The molecule has 2 N–H and O–H groups in total. The molecular weight excluding hydrogens is 298 g/mol. The minimum absolute atomic E-state index is 0.138. The maximum Gasteiger partial charge on any atom is 0.225 e. The van der Waals surface area contributed by atoms with Gasteiger partial charge in [-0.2, -0.15) is 4.37 Å². The van der Waals surface area contributed by atoms with Crippen molar-refractivity contribution in [3.63, 3.8) is 0 Å². The molecule has 2 fully saturated rings. The highest BCUT2D eigenvalue weighted by Gasteiger charge is 2.30. The Morgan fingerprint density at radius 1 is 1.23 bits per heavy atom. The minimum atomic E-state index is 0.138. The van der Waals surface area contributed by atoms with Crippen LogP contribution >= 0.6 is 11.5 Å². The molecule has 1 aliphatic carbocycles. The Labute approximate surface area is 135 Å². The van der Waals surface area contributed by atoms with Gasteiger partial charge in [0, 0.05) is 49.7 Å². The van der Waals surface area contributed by atoms with Crippen molar-refractivity contribution in [1.82, 2.24) is 14.3 Å². The van der Waals surface area contributed by atoms with Crippen molar-refractivity contribution in [2.45, 2.75) is 45.1 Å². The topological polar surface area (TPSA) is 75.4 Å². The Bertz CT molecular complexity index is 520. The molecule has 0 bridgehead atoms. The van der Waals surface area contributed by atoms with Crippen molar-refractivity contribution in [3.05, 3.63) is 5.82 Å². The van der Waals surface area contributed by atoms with Gasteiger partial charge in [-0.25, -0.2) is 4.98 Å². The Kier molecular flexibility index (Phi) is 4.93. The number of carbonyl (C=O) groups is 1. The molecule has 1 aromatic rings. The number of anilines is 1. The van der Waals surface area contributed by atoms with Crippen molar-refractivity contribution < 1.29 is 4.79 Å². The fraction of sp³-hybridized carbons (Fsp3) is 0.800. The standard InChI is InChI=1S/C15H25N5OS/c1-11-17-15(22-18-11)20-7-3-6-19(8-9-20)14(21)12-4-2-5-13(16)10-12/h12-13H,2-10,16H2,1H3/t12-,13+/m0/s1. The zero-order chi connectivity index (χ0) is 15.5. The lowest BCUT2D eigenvalue weighted by atomic mass is 9.85. The van der Waals surface area contributed by atoms with Gasteiger partial charge in [0.1, 0.15) is 5.82 Å². The summed E-state index contributed by atoms with van der Waals surface area (Å²) in [6, 6.07) is 0.204. The molecule has 1 aromatic heterocycles. The molecule has 0 radical (unpaired) electrons. The van der Waals surface area contributed by atoms with Crippen LogP contribution in [0.5, 0.6) is 0 Å². The van der Waals surface area contributed by atoms with E-state index in [9.17, 15) is 4.79 Å². The lowest BCUT2D eigenvalue weighted by molar-refractivity contribution is -0.136. The lowest BCUT2D eigenvalue weighted by Crippen LogP contribution is -2.42. The molecule has 3 rings (SSSR count). The van der Waals surface area contributed by atoms with E-state index < -0.39 is 0 Å². The first-order valence-corrected chi connectivity index (χ1v) is 9.00. The van der Waals surface area contributed by atoms with Gasteiger partial charge in [-0.15, -0.1) is 0 Å². The first-order valence-electron chi connectivity index (χ1n) is 8.23. The summed E-state index contributed by atoms with van der Waals surface area (Å²) in [6.45, 7) is 5.34. The molecule has 1 amide bonds. The van der Waals surface area contributed by atoms with Crippen molar-refractivity contribution in [2.75, 3.05) is 31.1 Å². The Balaban J connectivity index is 1.59. The molecule has 6 nitrogen and oxygen atoms in total. The number of nitrogens with zero attached hydrogens (tertiary/aromatic N) is 4. The van der Waals surface area contributed by atoms with Gasteiger partial charge < -0.3 is 15.5 Å². The van der Waals surface area contributed by atoms with Gasteiger partial charge in [-0.3, -0.25) is 4.79 Å². The highest BCUT2D eigenvalue weighted by molar-refractivity contribution is 7.09. The quantitative estimate of drug-likeness (QED) is 0.890. The van der Waals surface area contributed by atoms with Gasteiger partial charge in [-0.1, -0.05) is 6.42 Å². The number of aryl methyl sites for hydroxylation is 1. The van der Waals surface area contributed by atoms with Crippen molar-refractivity contribution in [3.8, 4) is 0 Å². The second-order valence-electron chi connectivity index (χ2n) is 6.41. The highest BCUT2D eigenvalue weighted by Crippen LogP contribution is 2.26. The van der Waals surface area contributed by atoms with Crippen molar-refractivity contribution >= 4 is 22.6 Å². The zero-order valence-corrected chi connectivity index (χ0v) is 14.0. The van der Waals surface area contributed by atoms with Crippen LogP contribution in [0.3, 0.4) is 0 Å². The SMILES string of the molecule is Cc1nsc(N2CCCN(C(=O)[C@H]3CCC[C@@H](N)C3)CC2)n1. The maximum absolute atomic E-state index is 12.7. The predicted octanol–water partition coefficient (Wildman–Crippen LogP) is 1.40. The molecule has 2 aliphatic rings. The van der Waals surface area contributed by atoms with Gasteiger partial charge in [0.15, 0.2) is 0 Å². The monoisotopic (exact) mass is 323 g/mol. The number of rotatable bonds is 2. The number of amides is 1. The van der Waals surface area contributed by atoms with E-state index in [0.29, 0.717) is 5.91 Å². The zero-order valence-electron chi connectivity index (χ0n) is 13.2. The third-order valence-corrected chi connectivity index (χ3v) is 5.53. The largest absolute Gasteiger partial charge is 0.345 e. The number of hydrogen-bond donors (Lipinski definition) is 1. The summed E-state index contributed by atoms with van der Waals surface area (Å²) < 4.78 is 4.25. The van der Waals surface area contributed by atoms with E-state index in [2.05, 4.69) is 14.3 Å². The van der Waals surface area contributed by atoms with Crippen molar-refractivity contribution in [2.24, 2.45) is 11.7 Å². The normalized spacial score (nSPS) is 26.8. The molecule has 2 heterocycles. The summed E-state index contributed by atoms with van der Waals surface area (Å²) in [5.74, 6) is 1.28. The second kappa shape index (κ2) is 6.91. The molecule has 0 aromatic carbocycles. The van der Waals surface area contributed by atoms with Gasteiger partial charge >= 0.3 is 0 Å². The summed E-state index contributed by atoms with van der Waals surface area (Å²) in [5.41, 5.74) is 6.03. The van der Waals surface area contributed by atoms with Crippen LogP contribution < -0.4 is 10.6 Å². The third kappa shape index (κ3) is 3.57. The van der Waals surface area contributed by atoms with Gasteiger partial charge in [-0.05, 0) is 32.6 Å². The fourth-order valence-electron chi connectivity index (χ4n) is 3.45. The molecule has 0 unspecified atom stereocenters. The molecular formula is C15H25N5OS. The smallest absolute Gasteiger partial charge is 0.225 e. The Hall–Kier alpha value is -1.21.